The molecule has 0 heterocycles. The first kappa shape index (κ1) is 13.6. The number of aryl methyl sites for hydroxylation is 1. The molecule has 0 aliphatic carbocycles. The number of hydrogen-bond donors (Lipinski definition) is 0. The van der Waals surface area contributed by atoms with Crippen LogP contribution in [0.4, 0.5) is 0 Å². The summed E-state index contributed by atoms with van der Waals surface area (Å²) in [6, 6.07) is 5.86. The van der Waals surface area contributed by atoms with Gasteiger partial charge in [-0.3, -0.25) is 0 Å². The Kier molecular flexibility index (Phi) is 6.15. The Hall–Kier alpha value is -1.51. The second-order valence-electron chi connectivity index (χ2n) is 3.77. The maximum atomic E-state index is 10.3. The van der Waals surface area contributed by atoms with Crippen LogP contribution in [0, 0.1) is 0 Å². The second-order valence-corrected chi connectivity index (χ2v) is 3.77. The van der Waals surface area contributed by atoms with Crippen LogP contribution in [0.2, 0.25) is 0 Å². The Bertz CT molecular complexity index is 347. The Balaban J connectivity index is 2.78. The van der Waals surface area contributed by atoms with Crippen molar-refractivity contribution in [3.05, 3.63) is 23.8 Å². The number of ether oxygens (including phenoxy) is 2. The third-order valence-electron chi connectivity index (χ3n) is 2.32. The van der Waals surface area contributed by atoms with Crippen molar-refractivity contribution in [2.24, 2.45) is 0 Å². The van der Waals surface area contributed by atoms with Crippen LogP contribution in [0.3, 0.4) is 0 Å². The molecular formula is C14H20O3. The van der Waals surface area contributed by atoms with E-state index in [2.05, 4.69) is 6.92 Å². The molecule has 0 saturated carbocycles. The topological polar surface area (TPSA) is 35.5 Å². The summed E-state index contributed by atoms with van der Waals surface area (Å²) in [6.07, 6.45) is 3.19. The summed E-state index contributed by atoms with van der Waals surface area (Å²) in [4.78, 5) is 10.3. The third kappa shape index (κ3) is 4.47. The van der Waals surface area contributed by atoms with Crippen molar-refractivity contribution in [2.75, 3.05) is 13.2 Å². The lowest BCUT2D eigenvalue weighted by Gasteiger charge is -2.12. The van der Waals surface area contributed by atoms with Crippen LogP contribution < -0.4 is 9.47 Å². The zero-order valence-corrected chi connectivity index (χ0v) is 10.6. The van der Waals surface area contributed by atoms with Gasteiger partial charge in [-0.15, -0.1) is 0 Å². The molecule has 0 bridgehead atoms. The minimum atomic E-state index is 0.542. The van der Waals surface area contributed by atoms with Crippen molar-refractivity contribution in [1.82, 2.24) is 0 Å². The van der Waals surface area contributed by atoms with E-state index in [1.165, 1.54) is 0 Å². The molecule has 17 heavy (non-hydrogen) atoms. The molecule has 1 aromatic rings. The molecule has 94 valence electrons. The average molecular weight is 236 g/mol. The predicted molar refractivity (Wildman–Crippen MR) is 67.8 cm³/mol. The van der Waals surface area contributed by atoms with Crippen LogP contribution in [0.5, 0.6) is 11.5 Å². The van der Waals surface area contributed by atoms with Crippen LogP contribution in [-0.4, -0.2) is 19.5 Å². The van der Waals surface area contributed by atoms with E-state index >= 15 is 0 Å². The van der Waals surface area contributed by atoms with E-state index in [1.54, 1.807) is 0 Å². The van der Waals surface area contributed by atoms with Crippen LogP contribution in [0.15, 0.2) is 18.2 Å². The van der Waals surface area contributed by atoms with Gasteiger partial charge in [-0.25, -0.2) is 0 Å². The zero-order valence-electron chi connectivity index (χ0n) is 10.6. The molecule has 0 aliphatic rings. The van der Waals surface area contributed by atoms with Gasteiger partial charge in [0.2, 0.25) is 0 Å². The van der Waals surface area contributed by atoms with Crippen LogP contribution in [0.25, 0.3) is 0 Å². The lowest BCUT2D eigenvalue weighted by atomic mass is 10.1. The molecular weight excluding hydrogens is 216 g/mol. The van der Waals surface area contributed by atoms with E-state index in [9.17, 15) is 4.79 Å². The SMILES string of the molecule is CCCOc1ccc(CCC=O)cc1OCC. The second kappa shape index (κ2) is 7.71. The number of rotatable bonds is 8. The van der Waals surface area contributed by atoms with Gasteiger partial charge in [-0.2, -0.15) is 0 Å². The van der Waals surface area contributed by atoms with Crippen molar-refractivity contribution in [3.63, 3.8) is 0 Å². The summed E-state index contributed by atoms with van der Waals surface area (Å²) in [6.45, 7) is 5.31. The summed E-state index contributed by atoms with van der Waals surface area (Å²) in [5.41, 5.74) is 1.10. The molecule has 1 aromatic carbocycles. The Morgan fingerprint density at radius 1 is 1.18 bits per heavy atom. The minimum Gasteiger partial charge on any atom is -0.490 e. The summed E-state index contributed by atoms with van der Waals surface area (Å²) < 4.78 is 11.1. The van der Waals surface area contributed by atoms with Gasteiger partial charge in [0, 0.05) is 6.42 Å². The molecule has 0 saturated heterocycles. The molecule has 0 aromatic heterocycles. The number of hydrogen-bond acceptors (Lipinski definition) is 3. The number of carbonyl (C=O) groups is 1. The summed E-state index contributed by atoms with van der Waals surface area (Å²) >= 11 is 0. The van der Waals surface area contributed by atoms with E-state index in [0.29, 0.717) is 19.6 Å². The monoisotopic (exact) mass is 236 g/mol. The van der Waals surface area contributed by atoms with Crippen molar-refractivity contribution in [2.45, 2.75) is 33.1 Å². The van der Waals surface area contributed by atoms with E-state index in [-0.39, 0.29) is 0 Å². The van der Waals surface area contributed by atoms with E-state index in [0.717, 1.165) is 36.2 Å². The maximum Gasteiger partial charge on any atom is 0.161 e. The standard InChI is InChI=1S/C14H20O3/c1-3-10-17-13-8-7-12(6-5-9-15)11-14(13)16-4-2/h7-9,11H,3-6,10H2,1-2H3. The first-order valence-corrected chi connectivity index (χ1v) is 6.14. The number of benzene rings is 1. The molecule has 0 amide bonds. The van der Waals surface area contributed by atoms with Crippen molar-refractivity contribution >= 4 is 6.29 Å². The molecule has 0 unspecified atom stereocenters. The van der Waals surface area contributed by atoms with Crippen molar-refractivity contribution in [3.8, 4) is 11.5 Å². The van der Waals surface area contributed by atoms with E-state index in [1.807, 2.05) is 25.1 Å². The van der Waals surface area contributed by atoms with Crippen LogP contribution in [-0.2, 0) is 11.2 Å². The molecule has 0 fully saturated rings. The van der Waals surface area contributed by atoms with Crippen LogP contribution >= 0.6 is 0 Å². The smallest absolute Gasteiger partial charge is 0.161 e. The normalized spacial score (nSPS) is 10.0. The number of carbonyl (C=O) groups excluding carboxylic acids is 1. The molecule has 1 rings (SSSR count). The van der Waals surface area contributed by atoms with Gasteiger partial charge in [0.15, 0.2) is 11.5 Å². The third-order valence-corrected chi connectivity index (χ3v) is 2.32. The predicted octanol–water partition coefficient (Wildman–Crippen LogP) is 3.01. The fraction of sp³-hybridized carbons (Fsp3) is 0.500. The first-order chi connectivity index (χ1) is 8.31. The average Bonchev–Trinajstić information content (AvgIpc) is 2.35. The minimum absolute atomic E-state index is 0.542. The lowest BCUT2D eigenvalue weighted by molar-refractivity contribution is -0.107. The van der Waals surface area contributed by atoms with Gasteiger partial charge in [0.05, 0.1) is 13.2 Å². The van der Waals surface area contributed by atoms with Crippen LogP contribution in [0.1, 0.15) is 32.3 Å². The van der Waals surface area contributed by atoms with E-state index in [4.69, 9.17) is 9.47 Å². The highest BCUT2D eigenvalue weighted by molar-refractivity contribution is 5.51. The van der Waals surface area contributed by atoms with Gasteiger partial charge < -0.3 is 14.3 Å². The lowest BCUT2D eigenvalue weighted by Crippen LogP contribution is -2.00. The Labute approximate surface area is 103 Å². The van der Waals surface area contributed by atoms with Gasteiger partial charge >= 0.3 is 0 Å². The Morgan fingerprint density at radius 2 is 2.00 bits per heavy atom. The van der Waals surface area contributed by atoms with Gasteiger partial charge in [0.1, 0.15) is 6.29 Å². The fourth-order valence-electron chi connectivity index (χ4n) is 1.53. The molecule has 3 nitrogen and oxygen atoms in total. The first-order valence-electron chi connectivity index (χ1n) is 6.14. The fourth-order valence-corrected chi connectivity index (χ4v) is 1.53. The molecule has 3 heteroatoms. The highest BCUT2D eigenvalue weighted by Crippen LogP contribution is 2.29. The molecule has 0 atom stereocenters. The quantitative estimate of drug-likeness (QED) is 0.651. The van der Waals surface area contributed by atoms with Gasteiger partial charge in [-0.05, 0) is 37.5 Å². The Morgan fingerprint density at radius 3 is 2.65 bits per heavy atom. The van der Waals surface area contributed by atoms with E-state index < -0.39 is 0 Å². The zero-order chi connectivity index (χ0) is 12.5. The molecule has 0 spiro atoms. The van der Waals surface area contributed by atoms with Crippen molar-refractivity contribution < 1.29 is 14.3 Å². The molecule has 0 aliphatic heterocycles. The highest BCUT2D eigenvalue weighted by atomic mass is 16.5. The van der Waals surface area contributed by atoms with Crippen molar-refractivity contribution in [1.29, 1.82) is 0 Å². The summed E-state index contributed by atoms with van der Waals surface area (Å²) in [7, 11) is 0. The summed E-state index contributed by atoms with van der Waals surface area (Å²) in [5, 5.41) is 0. The molecule has 0 radical (unpaired) electrons. The van der Waals surface area contributed by atoms with Gasteiger partial charge in [0.25, 0.3) is 0 Å². The molecule has 0 N–H and O–H groups in total. The van der Waals surface area contributed by atoms with Gasteiger partial charge in [-0.1, -0.05) is 13.0 Å². The summed E-state index contributed by atoms with van der Waals surface area (Å²) in [5.74, 6) is 1.55. The maximum absolute atomic E-state index is 10.3. The largest absolute Gasteiger partial charge is 0.490 e. The highest BCUT2D eigenvalue weighted by Gasteiger charge is 2.06. The number of aldehydes is 1.